The van der Waals surface area contributed by atoms with Gasteiger partial charge in [0.05, 0.1) is 16.9 Å². The van der Waals surface area contributed by atoms with Crippen molar-refractivity contribution in [3.05, 3.63) is 71.5 Å². The Hall–Kier alpha value is -3.16. The molecule has 1 heterocycles. The number of hydrogen-bond donors (Lipinski definition) is 1. The van der Waals surface area contributed by atoms with Crippen molar-refractivity contribution in [3.63, 3.8) is 0 Å². The van der Waals surface area contributed by atoms with Crippen molar-refractivity contribution in [1.82, 2.24) is 15.0 Å². The summed E-state index contributed by atoms with van der Waals surface area (Å²) >= 11 is 0. The van der Waals surface area contributed by atoms with Crippen molar-refractivity contribution in [2.75, 3.05) is 5.32 Å². The van der Waals surface area contributed by atoms with Crippen molar-refractivity contribution in [1.29, 1.82) is 0 Å². The Morgan fingerprint density at radius 2 is 1.80 bits per heavy atom. The molecule has 1 amide bonds. The molecule has 0 aliphatic carbocycles. The third kappa shape index (κ3) is 3.52. The highest BCUT2D eigenvalue weighted by Gasteiger charge is 2.31. The molecule has 0 radical (unpaired) electrons. The van der Waals surface area contributed by atoms with Crippen LogP contribution in [0.25, 0.3) is 5.69 Å². The zero-order chi connectivity index (χ0) is 18.0. The van der Waals surface area contributed by atoms with Crippen molar-refractivity contribution in [2.45, 2.75) is 13.1 Å². The number of carbonyl (C=O) groups excluding carboxylic acids is 1. The van der Waals surface area contributed by atoms with Crippen LogP contribution in [0, 0.1) is 6.92 Å². The summed E-state index contributed by atoms with van der Waals surface area (Å²) < 4.78 is 39.8. The van der Waals surface area contributed by atoms with E-state index in [2.05, 4.69) is 15.6 Å². The van der Waals surface area contributed by atoms with Crippen LogP contribution in [0.4, 0.5) is 18.9 Å². The molecule has 128 valence electrons. The average molecular weight is 346 g/mol. The van der Waals surface area contributed by atoms with Gasteiger partial charge < -0.3 is 5.32 Å². The minimum atomic E-state index is -4.46. The first-order valence-electron chi connectivity index (χ1n) is 7.32. The monoisotopic (exact) mass is 346 g/mol. The number of aromatic nitrogens is 3. The maximum atomic E-state index is 12.9. The molecular formula is C17H13F3N4O. The number of benzene rings is 2. The van der Waals surface area contributed by atoms with E-state index in [-0.39, 0.29) is 11.4 Å². The highest BCUT2D eigenvalue weighted by Crippen LogP contribution is 2.30. The highest BCUT2D eigenvalue weighted by atomic mass is 19.4. The molecule has 8 heteroatoms. The minimum absolute atomic E-state index is 0.0428. The number of nitrogens with zero attached hydrogens (tertiary/aromatic N) is 3. The normalized spacial score (nSPS) is 11.4. The first-order valence-corrected chi connectivity index (χ1v) is 7.32. The number of rotatable bonds is 3. The number of amides is 1. The quantitative estimate of drug-likeness (QED) is 0.784. The van der Waals surface area contributed by atoms with Crippen LogP contribution in [0.2, 0.25) is 0 Å². The molecule has 0 aliphatic rings. The summed E-state index contributed by atoms with van der Waals surface area (Å²) in [5.74, 6) is -0.484. The Morgan fingerprint density at radius 3 is 2.48 bits per heavy atom. The Labute approximate surface area is 141 Å². The van der Waals surface area contributed by atoms with Crippen LogP contribution in [-0.2, 0) is 6.18 Å². The maximum absolute atomic E-state index is 12.9. The van der Waals surface area contributed by atoms with Crippen LogP contribution < -0.4 is 5.32 Å². The summed E-state index contributed by atoms with van der Waals surface area (Å²) in [4.78, 5) is 12.3. The summed E-state index contributed by atoms with van der Waals surface area (Å²) in [7, 11) is 0. The molecule has 5 nitrogen and oxygen atoms in total. The average Bonchev–Trinajstić information content (AvgIpc) is 2.97. The number of nitrogens with one attached hydrogen (secondary N) is 1. The molecule has 0 fully saturated rings. The Bertz CT molecular complexity index is 904. The molecule has 0 spiro atoms. The van der Waals surface area contributed by atoms with E-state index in [0.29, 0.717) is 11.4 Å². The van der Waals surface area contributed by atoms with Gasteiger partial charge in [-0.1, -0.05) is 29.5 Å². The van der Waals surface area contributed by atoms with Crippen LogP contribution in [0.1, 0.15) is 21.7 Å². The number of anilines is 1. The number of alkyl halides is 3. The van der Waals surface area contributed by atoms with Gasteiger partial charge in [-0.15, -0.1) is 5.10 Å². The maximum Gasteiger partial charge on any atom is 0.416 e. The van der Waals surface area contributed by atoms with E-state index in [1.54, 1.807) is 31.2 Å². The van der Waals surface area contributed by atoms with Crippen molar-refractivity contribution in [3.8, 4) is 5.69 Å². The van der Waals surface area contributed by atoms with Crippen LogP contribution in [0.5, 0.6) is 0 Å². The number of halogens is 3. The van der Waals surface area contributed by atoms with Gasteiger partial charge in [0, 0.05) is 5.69 Å². The predicted molar refractivity (Wildman–Crippen MR) is 85.5 cm³/mol. The van der Waals surface area contributed by atoms with Crippen molar-refractivity contribution >= 4 is 11.6 Å². The fraction of sp³-hybridized carbons (Fsp3) is 0.118. The van der Waals surface area contributed by atoms with Crippen LogP contribution in [0.15, 0.2) is 54.6 Å². The SMILES string of the molecule is Cc1c(C(=O)Nc2ccccc2)nnn1-c1cccc(C(F)(F)F)c1. The van der Waals surface area contributed by atoms with Gasteiger partial charge in [-0.3, -0.25) is 4.79 Å². The molecule has 0 unspecified atom stereocenters. The number of carbonyl (C=O) groups is 1. The Balaban J connectivity index is 1.90. The van der Waals surface area contributed by atoms with E-state index in [4.69, 9.17) is 0 Å². The van der Waals surface area contributed by atoms with Gasteiger partial charge >= 0.3 is 6.18 Å². The molecule has 2 aromatic carbocycles. The molecule has 1 aromatic heterocycles. The lowest BCUT2D eigenvalue weighted by Gasteiger charge is -2.09. The lowest BCUT2D eigenvalue weighted by atomic mass is 10.2. The van der Waals surface area contributed by atoms with Crippen LogP contribution in [0.3, 0.4) is 0 Å². The van der Waals surface area contributed by atoms with E-state index in [9.17, 15) is 18.0 Å². The van der Waals surface area contributed by atoms with Gasteiger partial charge in [-0.2, -0.15) is 13.2 Å². The second kappa shape index (κ2) is 6.39. The smallest absolute Gasteiger partial charge is 0.321 e. The molecule has 0 saturated heterocycles. The molecule has 25 heavy (non-hydrogen) atoms. The summed E-state index contributed by atoms with van der Waals surface area (Å²) in [5, 5.41) is 10.3. The summed E-state index contributed by atoms with van der Waals surface area (Å²) in [6.45, 7) is 1.57. The second-order valence-corrected chi connectivity index (χ2v) is 5.30. The largest absolute Gasteiger partial charge is 0.416 e. The first kappa shape index (κ1) is 16.7. The molecule has 0 bridgehead atoms. The van der Waals surface area contributed by atoms with Crippen molar-refractivity contribution < 1.29 is 18.0 Å². The molecule has 0 atom stereocenters. The summed E-state index contributed by atoms with van der Waals surface area (Å²) in [6.07, 6.45) is -4.46. The lowest BCUT2D eigenvalue weighted by Crippen LogP contribution is -2.14. The lowest BCUT2D eigenvalue weighted by molar-refractivity contribution is -0.137. The van der Waals surface area contributed by atoms with Crippen molar-refractivity contribution in [2.24, 2.45) is 0 Å². The molecular weight excluding hydrogens is 333 g/mol. The number of hydrogen-bond acceptors (Lipinski definition) is 3. The van der Waals surface area contributed by atoms with E-state index < -0.39 is 17.6 Å². The molecule has 0 aliphatic heterocycles. The third-order valence-corrected chi connectivity index (χ3v) is 3.56. The third-order valence-electron chi connectivity index (χ3n) is 3.56. The van der Waals surface area contributed by atoms with Gasteiger partial charge in [-0.05, 0) is 37.3 Å². The topological polar surface area (TPSA) is 59.8 Å². The fourth-order valence-electron chi connectivity index (χ4n) is 2.31. The van der Waals surface area contributed by atoms with E-state index >= 15 is 0 Å². The minimum Gasteiger partial charge on any atom is -0.321 e. The van der Waals surface area contributed by atoms with Gasteiger partial charge in [0.1, 0.15) is 0 Å². The van der Waals surface area contributed by atoms with Gasteiger partial charge in [0.25, 0.3) is 5.91 Å². The Morgan fingerprint density at radius 1 is 1.08 bits per heavy atom. The van der Waals surface area contributed by atoms with E-state index in [1.807, 2.05) is 6.07 Å². The molecule has 0 saturated carbocycles. The molecule has 3 rings (SSSR count). The van der Waals surface area contributed by atoms with Crippen LogP contribution >= 0.6 is 0 Å². The second-order valence-electron chi connectivity index (χ2n) is 5.30. The molecule has 3 aromatic rings. The standard InChI is InChI=1S/C17H13F3N4O/c1-11-15(16(25)21-13-7-3-2-4-8-13)22-23-24(11)14-9-5-6-12(10-14)17(18,19)20/h2-10H,1H3,(H,21,25). The van der Waals surface area contributed by atoms with Gasteiger partial charge in [0.2, 0.25) is 0 Å². The number of para-hydroxylation sites is 1. The summed E-state index contributed by atoms with van der Waals surface area (Å²) in [5.41, 5.74) is 0.350. The van der Waals surface area contributed by atoms with Crippen LogP contribution in [-0.4, -0.2) is 20.9 Å². The Kier molecular flexibility index (Phi) is 4.26. The fourth-order valence-corrected chi connectivity index (χ4v) is 2.31. The zero-order valence-electron chi connectivity index (χ0n) is 13.1. The summed E-state index contributed by atoms with van der Waals surface area (Å²) in [6, 6.07) is 13.4. The van der Waals surface area contributed by atoms with E-state index in [0.717, 1.165) is 12.1 Å². The first-order chi connectivity index (χ1) is 11.9. The van der Waals surface area contributed by atoms with Gasteiger partial charge in [0.15, 0.2) is 5.69 Å². The highest BCUT2D eigenvalue weighted by molar-refractivity contribution is 6.03. The van der Waals surface area contributed by atoms with E-state index in [1.165, 1.54) is 16.8 Å². The predicted octanol–water partition coefficient (Wildman–Crippen LogP) is 3.85. The zero-order valence-corrected chi connectivity index (χ0v) is 13.1. The molecule has 1 N–H and O–H groups in total. The van der Waals surface area contributed by atoms with Gasteiger partial charge in [-0.25, -0.2) is 4.68 Å².